The number of hydrogen-bond acceptors (Lipinski definition) is 7. The van der Waals surface area contributed by atoms with Crippen LogP contribution >= 0.6 is 11.7 Å². The minimum absolute atomic E-state index is 0.0206. The van der Waals surface area contributed by atoms with E-state index < -0.39 is 10.0 Å². The maximum Gasteiger partial charge on any atom is 0.264 e. The van der Waals surface area contributed by atoms with Crippen molar-refractivity contribution in [3.63, 3.8) is 0 Å². The SMILES string of the molecule is N=C(N)c1ccc(CNC(=O)c2cccc3ccc(NS(=O)(=O)c4cccc5nsnc45)cc23)cc1. The minimum Gasteiger partial charge on any atom is -0.384 e. The predicted octanol–water partition coefficient (Wildman–Crippen LogP) is 3.86. The smallest absolute Gasteiger partial charge is 0.264 e. The lowest BCUT2D eigenvalue weighted by atomic mass is 10.0. The molecular formula is C25H20N6O3S2. The Balaban J connectivity index is 1.40. The first-order valence-corrected chi connectivity index (χ1v) is 13.0. The molecule has 1 aromatic heterocycles. The summed E-state index contributed by atoms with van der Waals surface area (Å²) in [5.74, 6) is -0.317. The van der Waals surface area contributed by atoms with Gasteiger partial charge in [0.25, 0.3) is 15.9 Å². The molecule has 0 fully saturated rings. The summed E-state index contributed by atoms with van der Waals surface area (Å²) in [5, 5.41) is 11.8. The molecule has 5 rings (SSSR count). The average molecular weight is 517 g/mol. The number of benzene rings is 4. The Bertz CT molecular complexity index is 1730. The van der Waals surface area contributed by atoms with E-state index >= 15 is 0 Å². The van der Waals surface area contributed by atoms with Gasteiger partial charge in [-0.2, -0.15) is 8.75 Å². The predicted molar refractivity (Wildman–Crippen MR) is 141 cm³/mol. The molecule has 4 aromatic carbocycles. The van der Waals surface area contributed by atoms with Crippen molar-refractivity contribution in [3.8, 4) is 0 Å². The maximum absolute atomic E-state index is 13.1. The fourth-order valence-corrected chi connectivity index (χ4v) is 5.64. The zero-order chi connectivity index (χ0) is 25.3. The number of carbonyl (C=O) groups excluding carboxylic acids is 1. The lowest BCUT2D eigenvalue weighted by Crippen LogP contribution is -2.23. The summed E-state index contributed by atoms with van der Waals surface area (Å²) >= 11 is 0.950. The number of nitrogens with zero attached hydrogens (tertiary/aromatic N) is 2. The van der Waals surface area contributed by atoms with E-state index in [2.05, 4.69) is 18.8 Å². The van der Waals surface area contributed by atoms with Gasteiger partial charge in [-0.25, -0.2) is 8.42 Å². The molecule has 9 nitrogen and oxygen atoms in total. The van der Waals surface area contributed by atoms with Crippen molar-refractivity contribution in [2.75, 3.05) is 4.72 Å². The van der Waals surface area contributed by atoms with Gasteiger partial charge in [-0.3, -0.25) is 14.9 Å². The molecule has 5 N–H and O–H groups in total. The third-order valence-corrected chi connectivity index (χ3v) is 7.59. The van der Waals surface area contributed by atoms with E-state index in [0.717, 1.165) is 22.7 Å². The summed E-state index contributed by atoms with van der Waals surface area (Å²) in [6.07, 6.45) is 0. The molecule has 0 aliphatic carbocycles. The van der Waals surface area contributed by atoms with Gasteiger partial charge < -0.3 is 11.1 Å². The van der Waals surface area contributed by atoms with Crippen LogP contribution in [0.25, 0.3) is 21.8 Å². The first-order valence-electron chi connectivity index (χ1n) is 10.8. The van der Waals surface area contributed by atoms with Gasteiger partial charge in [0.2, 0.25) is 0 Å². The summed E-state index contributed by atoms with van der Waals surface area (Å²) in [4.78, 5) is 13.1. The van der Waals surface area contributed by atoms with E-state index in [4.69, 9.17) is 11.1 Å². The molecule has 180 valence electrons. The highest BCUT2D eigenvalue weighted by Crippen LogP contribution is 2.27. The topological polar surface area (TPSA) is 151 Å². The molecule has 5 aromatic rings. The Morgan fingerprint density at radius 1 is 0.972 bits per heavy atom. The number of sulfonamides is 1. The molecule has 1 amide bonds. The van der Waals surface area contributed by atoms with Crippen LogP contribution in [0.4, 0.5) is 5.69 Å². The van der Waals surface area contributed by atoms with Crippen molar-refractivity contribution in [3.05, 3.63) is 95.6 Å². The van der Waals surface area contributed by atoms with Crippen LogP contribution in [0.1, 0.15) is 21.5 Å². The summed E-state index contributed by atoms with van der Waals surface area (Å²) in [6.45, 7) is 0.283. The normalized spacial score (nSPS) is 11.4. The van der Waals surface area contributed by atoms with E-state index in [-0.39, 0.29) is 23.2 Å². The number of aromatic nitrogens is 2. The number of fused-ring (bicyclic) bond motifs is 2. The van der Waals surface area contributed by atoms with E-state index in [1.54, 1.807) is 66.7 Å². The fraction of sp³-hybridized carbons (Fsp3) is 0.0400. The molecule has 36 heavy (non-hydrogen) atoms. The Labute approximate surface area is 210 Å². The number of anilines is 1. The van der Waals surface area contributed by atoms with Gasteiger partial charge in [0.05, 0.1) is 11.7 Å². The van der Waals surface area contributed by atoms with Gasteiger partial charge >= 0.3 is 0 Å². The summed E-state index contributed by atoms with van der Waals surface area (Å²) in [5.41, 5.74) is 8.51. The van der Waals surface area contributed by atoms with Crippen molar-refractivity contribution in [1.82, 2.24) is 14.1 Å². The number of nitrogens with two attached hydrogens (primary N) is 1. The molecular weight excluding hydrogens is 496 g/mol. The third kappa shape index (κ3) is 4.61. The summed E-state index contributed by atoms with van der Waals surface area (Å²) in [6, 6.07) is 22.2. The van der Waals surface area contributed by atoms with E-state index in [9.17, 15) is 13.2 Å². The fourth-order valence-electron chi connectivity index (χ4n) is 3.82. The molecule has 0 atom stereocenters. The number of nitrogens with one attached hydrogen (secondary N) is 3. The van der Waals surface area contributed by atoms with Crippen LogP contribution < -0.4 is 15.8 Å². The molecule has 0 saturated carbocycles. The van der Waals surface area contributed by atoms with E-state index in [1.165, 1.54) is 6.07 Å². The highest BCUT2D eigenvalue weighted by molar-refractivity contribution is 7.93. The molecule has 11 heteroatoms. The molecule has 0 radical (unpaired) electrons. The number of rotatable bonds is 7. The van der Waals surface area contributed by atoms with Gasteiger partial charge in [-0.15, -0.1) is 0 Å². The van der Waals surface area contributed by atoms with E-state index in [0.29, 0.717) is 33.2 Å². The highest BCUT2D eigenvalue weighted by atomic mass is 32.2. The van der Waals surface area contributed by atoms with Crippen molar-refractivity contribution < 1.29 is 13.2 Å². The average Bonchev–Trinajstić information content (AvgIpc) is 3.36. The van der Waals surface area contributed by atoms with Crippen LogP contribution in [0.2, 0.25) is 0 Å². The van der Waals surface area contributed by atoms with Crippen molar-refractivity contribution in [2.45, 2.75) is 11.4 Å². The van der Waals surface area contributed by atoms with Crippen molar-refractivity contribution in [2.24, 2.45) is 5.73 Å². The minimum atomic E-state index is -3.94. The molecule has 0 saturated heterocycles. The van der Waals surface area contributed by atoms with Crippen molar-refractivity contribution >= 4 is 61.0 Å². The van der Waals surface area contributed by atoms with Crippen LogP contribution in [0.15, 0.2) is 83.8 Å². The maximum atomic E-state index is 13.1. The number of carbonyl (C=O) groups is 1. The molecule has 1 heterocycles. The van der Waals surface area contributed by atoms with Gasteiger partial charge in [0.1, 0.15) is 21.8 Å². The van der Waals surface area contributed by atoms with Crippen LogP contribution in [-0.4, -0.2) is 28.9 Å². The molecule has 0 bridgehead atoms. The zero-order valence-corrected chi connectivity index (χ0v) is 20.4. The van der Waals surface area contributed by atoms with Gasteiger partial charge in [-0.05, 0) is 46.7 Å². The second kappa shape index (κ2) is 9.36. The Hall–Kier alpha value is -4.35. The third-order valence-electron chi connectivity index (χ3n) is 5.64. The molecule has 0 unspecified atom stereocenters. The van der Waals surface area contributed by atoms with Crippen LogP contribution in [0.5, 0.6) is 0 Å². The summed E-state index contributed by atoms with van der Waals surface area (Å²) < 4.78 is 37.1. The van der Waals surface area contributed by atoms with Crippen LogP contribution in [0.3, 0.4) is 0 Å². The second-order valence-corrected chi connectivity index (χ2v) is 10.2. The number of hydrogen-bond donors (Lipinski definition) is 4. The van der Waals surface area contributed by atoms with E-state index in [1.807, 2.05) is 6.07 Å². The number of amides is 1. The standard InChI is InChI=1S/C25H20N6O3S2/c26-24(27)17-9-7-15(8-10-17)14-28-25(32)19-4-1-3-16-11-12-18(13-20(16)19)31-36(33,34)22-6-2-5-21-23(22)30-35-29-21/h1-13,31H,14H2,(H3,26,27)(H,28,32). The largest absolute Gasteiger partial charge is 0.384 e. The van der Waals surface area contributed by atoms with Crippen molar-refractivity contribution in [1.29, 1.82) is 5.41 Å². The molecule has 0 aliphatic heterocycles. The summed E-state index contributed by atoms with van der Waals surface area (Å²) in [7, 11) is -3.94. The monoisotopic (exact) mass is 516 g/mol. The van der Waals surface area contributed by atoms with Crippen LogP contribution in [-0.2, 0) is 16.6 Å². The first kappa shape index (κ1) is 23.4. The van der Waals surface area contributed by atoms with Gasteiger partial charge in [0, 0.05) is 23.4 Å². The quantitative estimate of drug-likeness (QED) is 0.190. The van der Waals surface area contributed by atoms with Gasteiger partial charge in [-0.1, -0.05) is 48.5 Å². The lowest BCUT2D eigenvalue weighted by molar-refractivity contribution is 0.0952. The Morgan fingerprint density at radius 3 is 2.53 bits per heavy atom. The molecule has 0 aliphatic rings. The number of amidine groups is 1. The lowest BCUT2D eigenvalue weighted by Gasteiger charge is -2.12. The number of nitrogen functional groups attached to an aromatic ring is 1. The second-order valence-electron chi connectivity index (χ2n) is 8.03. The van der Waals surface area contributed by atoms with Gasteiger partial charge in [0.15, 0.2) is 0 Å². The van der Waals surface area contributed by atoms with Crippen LogP contribution in [0, 0.1) is 5.41 Å². The first-order chi connectivity index (χ1) is 17.3. The Kier molecular flexibility index (Phi) is 6.08. The highest BCUT2D eigenvalue weighted by Gasteiger charge is 2.20. The molecule has 0 spiro atoms. The Morgan fingerprint density at radius 2 is 1.75 bits per heavy atom. The zero-order valence-electron chi connectivity index (χ0n) is 18.7.